The van der Waals surface area contributed by atoms with Gasteiger partial charge in [-0.05, 0) is 18.2 Å². The zero-order valence-electron chi connectivity index (χ0n) is 10.8. The van der Waals surface area contributed by atoms with E-state index in [1.54, 1.807) is 12.1 Å². The zero-order valence-corrected chi connectivity index (χ0v) is 10.8. The summed E-state index contributed by atoms with van der Waals surface area (Å²) in [6, 6.07) is 14.4. The maximum Gasteiger partial charge on any atom is 0.258 e. The van der Waals surface area contributed by atoms with Crippen LogP contribution in [0.3, 0.4) is 0 Å². The van der Waals surface area contributed by atoms with Gasteiger partial charge in [-0.15, -0.1) is 0 Å². The van der Waals surface area contributed by atoms with Crippen LogP contribution in [0.1, 0.15) is 0 Å². The smallest absolute Gasteiger partial charge is 0.258 e. The molecule has 0 aliphatic heterocycles. The summed E-state index contributed by atoms with van der Waals surface area (Å²) in [6.07, 6.45) is 0. The third-order valence-electron chi connectivity index (χ3n) is 2.88. The molecule has 0 saturated heterocycles. The number of hydrogen-bond donors (Lipinski definition) is 1. The minimum atomic E-state index is 0.0686. The first kappa shape index (κ1) is 12.2. The molecule has 2 aromatic carbocycles. The third-order valence-corrected chi connectivity index (χ3v) is 2.88. The second kappa shape index (κ2) is 5.05. The van der Waals surface area contributed by atoms with Crippen LogP contribution in [-0.4, -0.2) is 22.4 Å². The molecule has 1 N–H and O–H groups in total. The summed E-state index contributed by atoms with van der Waals surface area (Å²) in [6.45, 7) is 0. The molecular formula is C15H12N2O3. The van der Waals surface area contributed by atoms with E-state index >= 15 is 0 Å². The minimum Gasteiger partial charge on any atom is -0.504 e. The van der Waals surface area contributed by atoms with Crippen molar-refractivity contribution in [3.8, 4) is 34.3 Å². The Morgan fingerprint density at radius 1 is 1.05 bits per heavy atom. The molecule has 0 atom stereocenters. The summed E-state index contributed by atoms with van der Waals surface area (Å²) in [4.78, 5) is 4.34. The van der Waals surface area contributed by atoms with E-state index in [1.165, 1.54) is 13.2 Å². The molecule has 0 aliphatic carbocycles. The minimum absolute atomic E-state index is 0.0686. The van der Waals surface area contributed by atoms with Gasteiger partial charge >= 0.3 is 0 Å². The largest absolute Gasteiger partial charge is 0.504 e. The van der Waals surface area contributed by atoms with E-state index in [9.17, 15) is 5.11 Å². The topological polar surface area (TPSA) is 68.4 Å². The number of nitrogens with zero attached hydrogens (tertiary/aromatic N) is 2. The molecule has 20 heavy (non-hydrogen) atoms. The Morgan fingerprint density at radius 2 is 1.85 bits per heavy atom. The molecule has 1 aromatic heterocycles. The van der Waals surface area contributed by atoms with Gasteiger partial charge < -0.3 is 14.4 Å². The van der Waals surface area contributed by atoms with Crippen LogP contribution in [0.4, 0.5) is 0 Å². The fourth-order valence-corrected chi connectivity index (χ4v) is 1.86. The Hall–Kier alpha value is -2.82. The molecule has 1 heterocycles. The van der Waals surface area contributed by atoms with Crippen molar-refractivity contribution in [1.29, 1.82) is 0 Å². The summed E-state index contributed by atoms with van der Waals surface area (Å²) < 4.78 is 10.3. The molecule has 5 nitrogen and oxygen atoms in total. The van der Waals surface area contributed by atoms with Crippen LogP contribution in [0, 0.1) is 0 Å². The van der Waals surface area contributed by atoms with Gasteiger partial charge in [-0.3, -0.25) is 0 Å². The Balaban J connectivity index is 1.98. The predicted molar refractivity (Wildman–Crippen MR) is 73.4 cm³/mol. The Kier molecular flexibility index (Phi) is 3.09. The monoisotopic (exact) mass is 268 g/mol. The Morgan fingerprint density at radius 3 is 2.60 bits per heavy atom. The molecule has 100 valence electrons. The van der Waals surface area contributed by atoms with Crippen LogP contribution in [-0.2, 0) is 0 Å². The second-order valence-electron chi connectivity index (χ2n) is 4.18. The number of hydrogen-bond acceptors (Lipinski definition) is 5. The van der Waals surface area contributed by atoms with Crippen molar-refractivity contribution < 1.29 is 14.4 Å². The second-order valence-corrected chi connectivity index (χ2v) is 4.18. The lowest BCUT2D eigenvalue weighted by Crippen LogP contribution is -1.85. The van der Waals surface area contributed by atoms with Crippen LogP contribution in [0.15, 0.2) is 53.1 Å². The van der Waals surface area contributed by atoms with Crippen LogP contribution < -0.4 is 4.74 Å². The summed E-state index contributed by atoms with van der Waals surface area (Å²) in [5.41, 5.74) is 1.57. The van der Waals surface area contributed by atoms with Crippen molar-refractivity contribution in [1.82, 2.24) is 10.1 Å². The number of aromatic nitrogens is 2. The van der Waals surface area contributed by atoms with Gasteiger partial charge in [-0.25, -0.2) is 0 Å². The molecule has 3 aromatic rings. The van der Waals surface area contributed by atoms with Crippen molar-refractivity contribution in [3.63, 3.8) is 0 Å². The molecule has 0 fully saturated rings. The van der Waals surface area contributed by atoms with E-state index < -0.39 is 0 Å². The van der Waals surface area contributed by atoms with Crippen molar-refractivity contribution in [2.24, 2.45) is 0 Å². The van der Waals surface area contributed by atoms with Gasteiger partial charge in [-0.2, -0.15) is 4.98 Å². The number of benzene rings is 2. The van der Waals surface area contributed by atoms with Gasteiger partial charge in [0.1, 0.15) is 0 Å². The van der Waals surface area contributed by atoms with E-state index in [2.05, 4.69) is 10.1 Å². The number of aromatic hydroxyl groups is 1. The molecule has 0 unspecified atom stereocenters. The fourth-order valence-electron chi connectivity index (χ4n) is 1.86. The maximum atomic E-state index is 9.57. The van der Waals surface area contributed by atoms with E-state index in [-0.39, 0.29) is 5.75 Å². The molecule has 0 radical (unpaired) electrons. The van der Waals surface area contributed by atoms with Gasteiger partial charge in [0.2, 0.25) is 5.82 Å². The maximum absolute atomic E-state index is 9.57. The highest BCUT2D eigenvalue weighted by atomic mass is 16.5. The number of phenolic OH excluding ortho intramolecular Hbond substituents is 1. The molecular weight excluding hydrogens is 256 g/mol. The first-order chi connectivity index (χ1) is 9.78. The fraction of sp³-hybridized carbons (Fsp3) is 0.0667. The Bertz CT molecular complexity index is 723. The summed E-state index contributed by atoms with van der Waals surface area (Å²) in [7, 11) is 1.49. The van der Waals surface area contributed by atoms with Crippen LogP contribution in [0.25, 0.3) is 22.8 Å². The predicted octanol–water partition coefficient (Wildman–Crippen LogP) is 3.12. The average Bonchev–Trinajstić information content (AvgIpc) is 2.98. The number of rotatable bonds is 3. The van der Waals surface area contributed by atoms with Gasteiger partial charge in [-0.1, -0.05) is 35.5 Å². The average molecular weight is 268 g/mol. The standard InChI is InChI=1S/C15H12N2O3/c1-19-13-9-11(7-8-12(13)18)15-16-14(17-20-15)10-5-3-2-4-6-10/h2-9,18H,1H3. The van der Waals surface area contributed by atoms with Gasteiger partial charge in [0, 0.05) is 11.1 Å². The summed E-state index contributed by atoms with van der Waals surface area (Å²) in [5.74, 6) is 1.33. The van der Waals surface area contributed by atoms with Crippen molar-refractivity contribution in [3.05, 3.63) is 48.5 Å². The molecule has 0 amide bonds. The van der Waals surface area contributed by atoms with Crippen LogP contribution in [0.2, 0.25) is 0 Å². The lowest BCUT2D eigenvalue weighted by molar-refractivity contribution is 0.373. The van der Waals surface area contributed by atoms with Crippen molar-refractivity contribution in [2.75, 3.05) is 7.11 Å². The third kappa shape index (κ3) is 2.21. The quantitative estimate of drug-likeness (QED) is 0.790. The molecule has 5 heteroatoms. The van der Waals surface area contributed by atoms with E-state index in [1.807, 2.05) is 30.3 Å². The zero-order chi connectivity index (χ0) is 13.9. The Labute approximate surface area is 115 Å². The van der Waals surface area contributed by atoms with E-state index in [4.69, 9.17) is 9.26 Å². The lowest BCUT2D eigenvalue weighted by Gasteiger charge is -2.03. The highest BCUT2D eigenvalue weighted by Crippen LogP contribution is 2.31. The van der Waals surface area contributed by atoms with Crippen molar-refractivity contribution in [2.45, 2.75) is 0 Å². The summed E-state index contributed by atoms with van der Waals surface area (Å²) in [5, 5.41) is 13.5. The van der Waals surface area contributed by atoms with Crippen LogP contribution in [0.5, 0.6) is 11.5 Å². The van der Waals surface area contributed by atoms with E-state index in [0.717, 1.165) is 5.56 Å². The molecule has 0 bridgehead atoms. The van der Waals surface area contributed by atoms with Gasteiger partial charge in [0.25, 0.3) is 5.89 Å². The van der Waals surface area contributed by atoms with Crippen LogP contribution >= 0.6 is 0 Å². The first-order valence-corrected chi connectivity index (χ1v) is 6.04. The molecule has 0 spiro atoms. The number of ether oxygens (including phenoxy) is 1. The number of phenols is 1. The lowest BCUT2D eigenvalue weighted by atomic mass is 10.2. The number of methoxy groups -OCH3 is 1. The molecule has 0 aliphatic rings. The SMILES string of the molecule is COc1cc(-c2nc(-c3ccccc3)no2)ccc1O. The normalized spacial score (nSPS) is 10.4. The van der Waals surface area contributed by atoms with Gasteiger partial charge in [0.05, 0.1) is 7.11 Å². The highest BCUT2D eigenvalue weighted by Gasteiger charge is 2.12. The highest BCUT2D eigenvalue weighted by molar-refractivity contribution is 5.62. The summed E-state index contributed by atoms with van der Waals surface area (Å²) >= 11 is 0. The van der Waals surface area contributed by atoms with Gasteiger partial charge in [0.15, 0.2) is 11.5 Å². The molecule has 3 rings (SSSR count). The first-order valence-electron chi connectivity index (χ1n) is 6.04. The van der Waals surface area contributed by atoms with Crippen molar-refractivity contribution >= 4 is 0 Å². The van der Waals surface area contributed by atoms with E-state index in [0.29, 0.717) is 23.0 Å². The molecule has 0 saturated carbocycles.